The highest BCUT2D eigenvalue weighted by atomic mass is 16.5. The molecular formula is C18H23NO4. The van der Waals surface area contributed by atoms with Gasteiger partial charge in [0.15, 0.2) is 11.5 Å². The fraction of sp³-hybridized carbons (Fsp3) is 0.444. The van der Waals surface area contributed by atoms with Gasteiger partial charge < -0.3 is 14.4 Å². The zero-order chi connectivity index (χ0) is 16.5. The number of unbranched alkanes of at least 4 members (excludes halogenated alkanes) is 5. The van der Waals surface area contributed by atoms with E-state index in [1.54, 1.807) is 0 Å². The molecule has 0 radical (unpaired) electrons. The number of rotatable bonds is 10. The average molecular weight is 317 g/mol. The first-order chi connectivity index (χ1) is 11.2. The summed E-state index contributed by atoms with van der Waals surface area (Å²) in [6, 6.07) is 8.80. The molecule has 1 aromatic heterocycles. The molecule has 0 fully saturated rings. The second kappa shape index (κ2) is 8.98. The molecule has 1 N–H and O–H groups in total. The summed E-state index contributed by atoms with van der Waals surface area (Å²) in [5, 5.41) is 12.3. The lowest BCUT2D eigenvalue weighted by Gasteiger charge is -2.06. The van der Waals surface area contributed by atoms with E-state index in [-0.39, 0.29) is 5.69 Å². The van der Waals surface area contributed by atoms with E-state index in [4.69, 9.17) is 14.4 Å². The molecule has 0 saturated heterocycles. The van der Waals surface area contributed by atoms with Crippen molar-refractivity contribution < 1.29 is 19.2 Å². The van der Waals surface area contributed by atoms with Gasteiger partial charge in [0.2, 0.25) is 0 Å². The summed E-state index contributed by atoms with van der Waals surface area (Å²) < 4.78 is 10.7. The van der Waals surface area contributed by atoms with E-state index < -0.39 is 5.97 Å². The van der Waals surface area contributed by atoms with E-state index in [0.29, 0.717) is 5.76 Å². The highest BCUT2D eigenvalue weighted by molar-refractivity contribution is 5.86. The molecule has 0 aliphatic rings. The number of hydrogen-bond acceptors (Lipinski definition) is 4. The number of aromatic nitrogens is 1. The van der Waals surface area contributed by atoms with Gasteiger partial charge in [0, 0.05) is 11.6 Å². The van der Waals surface area contributed by atoms with Crippen molar-refractivity contribution in [1.29, 1.82) is 0 Å². The predicted octanol–water partition coefficient (Wildman–Crippen LogP) is 4.78. The minimum Gasteiger partial charge on any atom is -0.494 e. The average Bonchev–Trinajstić information content (AvgIpc) is 3.05. The van der Waals surface area contributed by atoms with Crippen LogP contribution in [-0.4, -0.2) is 22.8 Å². The molecule has 0 spiro atoms. The maximum atomic E-state index is 10.8. The van der Waals surface area contributed by atoms with Crippen LogP contribution in [0.1, 0.15) is 55.9 Å². The van der Waals surface area contributed by atoms with Crippen molar-refractivity contribution in [3.63, 3.8) is 0 Å². The summed E-state index contributed by atoms with van der Waals surface area (Å²) in [6.45, 7) is 2.94. The van der Waals surface area contributed by atoms with Crippen molar-refractivity contribution in [2.45, 2.75) is 45.4 Å². The number of carboxylic acids is 1. The summed E-state index contributed by atoms with van der Waals surface area (Å²) >= 11 is 0. The predicted molar refractivity (Wildman–Crippen MR) is 87.8 cm³/mol. The van der Waals surface area contributed by atoms with E-state index in [9.17, 15) is 4.79 Å². The van der Waals surface area contributed by atoms with Gasteiger partial charge in [0.1, 0.15) is 5.75 Å². The summed E-state index contributed by atoms with van der Waals surface area (Å²) in [4.78, 5) is 10.8. The van der Waals surface area contributed by atoms with Gasteiger partial charge in [-0.1, -0.05) is 44.2 Å². The van der Waals surface area contributed by atoms with Crippen LogP contribution < -0.4 is 4.74 Å². The Morgan fingerprint density at radius 1 is 1.13 bits per heavy atom. The Balaban J connectivity index is 1.77. The van der Waals surface area contributed by atoms with E-state index >= 15 is 0 Å². The van der Waals surface area contributed by atoms with E-state index in [2.05, 4.69) is 12.1 Å². The van der Waals surface area contributed by atoms with Crippen molar-refractivity contribution in [2.75, 3.05) is 6.61 Å². The third-order valence-electron chi connectivity index (χ3n) is 3.63. The van der Waals surface area contributed by atoms with E-state index in [0.717, 1.165) is 24.3 Å². The van der Waals surface area contributed by atoms with Gasteiger partial charge in [-0.15, -0.1) is 0 Å². The van der Waals surface area contributed by atoms with Crippen molar-refractivity contribution in [3.8, 4) is 17.1 Å². The van der Waals surface area contributed by atoms with Crippen LogP contribution in [0.3, 0.4) is 0 Å². The minimum atomic E-state index is -1.10. The SMILES string of the molecule is CCCCCCCCOc1ccc(-c2cc(C(=O)O)no2)cc1. The Hall–Kier alpha value is -2.30. The highest BCUT2D eigenvalue weighted by Crippen LogP contribution is 2.23. The smallest absolute Gasteiger partial charge is 0.358 e. The normalized spacial score (nSPS) is 10.7. The van der Waals surface area contributed by atoms with Gasteiger partial charge in [-0.3, -0.25) is 0 Å². The molecule has 1 heterocycles. The van der Waals surface area contributed by atoms with Gasteiger partial charge in [-0.05, 0) is 30.7 Å². The van der Waals surface area contributed by atoms with Crippen molar-refractivity contribution in [1.82, 2.24) is 5.16 Å². The van der Waals surface area contributed by atoms with Gasteiger partial charge in [-0.25, -0.2) is 4.79 Å². The number of carboxylic acid groups (broad SMARTS) is 1. The maximum Gasteiger partial charge on any atom is 0.358 e. The number of ether oxygens (including phenoxy) is 1. The summed E-state index contributed by atoms with van der Waals surface area (Å²) in [7, 11) is 0. The fourth-order valence-electron chi connectivity index (χ4n) is 2.30. The van der Waals surface area contributed by atoms with Gasteiger partial charge >= 0.3 is 5.97 Å². The van der Waals surface area contributed by atoms with Gasteiger partial charge in [0.25, 0.3) is 0 Å². The third-order valence-corrected chi connectivity index (χ3v) is 3.63. The Bertz CT molecular complexity index is 604. The minimum absolute atomic E-state index is 0.0941. The quantitative estimate of drug-likeness (QED) is 0.638. The van der Waals surface area contributed by atoms with Gasteiger partial charge in [0.05, 0.1) is 6.61 Å². The molecule has 5 heteroatoms. The molecule has 1 aromatic carbocycles. The fourth-order valence-corrected chi connectivity index (χ4v) is 2.30. The number of nitrogens with zero attached hydrogens (tertiary/aromatic N) is 1. The van der Waals surface area contributed by atoms with Crippen molar-refractivity contribution in [3.05, 3.63) is 36.0 Å². The molecule has 0 amide bonds. The maximum absolute atomic E-state index is 10.8. The second-order valence-corrected chi connectivity index (χ2v) is 5.52. The number of aromatic carboxylic acids is 1. The van der Waals surface area contributed by atoms with E-state index in [1.807, 2.05) is 24.3 Å². The molecule has 0 unspecified atom stereocenters. The van der Waals surface area contributed by atoms with Crippen LogP contribution in [0.5, 0.6) is 5.75 Å². The first kappa shape index (κ1) is 17.1. The molecule has 0 saturated carbocycles. The molecule has 0 aliphatic carbocycles. The Morgan fingerprint density at radius 3 is 2.48 bits per heavy atom. The van der Waals surface area contributed by atoms with Crippen LogP contribution in [0, 0.1) is 0 Å². The standard InChI is InChI=1S/C18H23NO4/c1-2-3-4-5-6-7-12-22-15-10-8-14(9-11-15)17-13-16(18(20)21)19-23-17/h8-11,13H,2-7,12H2,1H3,(H,20,21). The van der Waals surface area contributed by atoms with Crippen LogP contribution >= 0.6 is 0 Å². The first-order valence-electron chi connectivity index (χ1n) is 8.14. The third kappa shape index (κ3) is 5.43. The first-order valence-corrected chi connectivity index (χ1v) is 8.14. The molecule has 2 rings (SSSR count). The monoisotopic (exact) mass is 317 g/mol. The van der Waals surface area contributed by atoms with Crippen molar-refractivity contribution >= 4 is 5.97 Å². The topological polar surface area (TPSA) is 72.6 Å². The largest absolute Gasteiger partial charge is 0.494 e. The summed E-state index contributed by atoms with van der Waals surface area (Å²) in [6.07, 6.45) is 7.42. The van der Waals surface area contributed by atoms with Crippen LogP contribution in [0.15, 0.2) is 34.9 Å². The lowest BCUT2D eigenvalue weighted by atomic mass is 10.1. The van der Waals surface area contributed by atoms with Gasteiger partial charge in [-0.2, -0.15) is 0 Å². The number of benzene rings is 1. The van der Waals surface area contributed by atoms with E-state index in [1.165, 1.54) is 38.2 Å². The lowest BCUT2D eigenvalue weighted by molar-refractivity contribution is 0.0686. The molecule has 2 aromatic rings. The lowest BCUT2D eigenvalue weighted by Crippen LogP contribution is -1.97. The second-order valence-electron chi connectivity index (χ2n) is 5.52. The summed E-state index contributed by atoms with van der Waals surface area (Å²) in [5.74, 6) is 0.143. The molecule has 0 bridgehead atoms. The Morgan fingerprint density at radius 2 is 1.83 bits per heavy atom. The highest BCUT2D eigenvalue weighted by Gasteiger charge is 2.12. The van der Waals surface area contributed by atoms with Crippen LogP contribution in [-0.2, 0) is 0 Å². The Kier molecular flexibility index (Phi) is 6.66. The molecular weight excluding hydrogens is 294 g/mol. The zero-order valence-corrected chi connectivity index (χ0v) is 13.5. The Labute approximate surface area is 136 Å². The number of hydrogen-bond donors (Lipinski definition) is 1. The zero-order valence-electron chi connectivity index (χ0n) is 13.5. The van der Waals surface area contributed by atoms with Crippen LogP contribution in [0.4, 0.5) is 0 Å². The summed E-state index contributed by atoms with van der Waals surface area (Å²) in [5.41, 5.74) is 0.681. The van der Waals surface area contributed by atoms with Crippen LogP contribution in [0.2, 0.25) is 0 Å². The molecule has 0 atom stereocenters. The number of carbonyl (C=O) groups is 1. The van der Waals surface area contributed by atoms with Crippen LogP contribution in [0.25, 0.3) is 11.3 Å². The van der Waals surface area contributed by atoms with Crippen molar-refractivity contribution in [2.24, 2.45) is 0 Å². The molecule has 5 nitrogen and oxygen atoms in total. The molecule has 0 aliphatic heterocycles. The molecule has 23 heavy (non-hydrogen) atoms. The molecule has 124 valence electrons.